The second-order valence-electron chi connectivity index (χ2n) is 3.90. The van der Waals surface area contributed by atoms with Gasteiger partial charge in [0.2, 0.25) is 0 Å². The van der Waals surface area contributed by atoms with Gasteiger partial charge in [-0.15, -0.1) is 0 Å². The fourth-order valence-electron chi connectivity index (χ4n) is 1.83. The molecule has 2 rings (SSSR count). The van der Waals surface area contributed by atoms with Crippen molar-refractivity contribution in [2.45, 2.75) is 25.9 Å². The third kappa shape index (κ3) is 1.78. The summed E-state index contributed by atoms with van der Waals surface area (Å²) in [6.07, 6.45) is 1.73. The van der Waals surface area contributed by atoms with Gasteiger partial charge in [-0.2, -0.15) is 0 Å². The standard InChI is InChI=1S/C12H12O4/c1-7-5-6-8-3-2-4-9(11(8)16-7)10(13)12(14)15/h2-4,7H,5-6H2,1H3,(H,14,15). The molecule has 1 aliphatic rings. The molecule has 1 heterocycles. The van der Waals surface area contributed by atoms with Gasteiger partial charge in [0.15, 0.2) is 0 Å². The topological polar surface area (TPSA) is 63.6 Å². The van der Waals surface area contributed by atoms with Gasteiger partial charge >= 0.3 is 5.97 Å². The second kappa shape index (κ2) is 3.96. The van der Waals surface area contributed by atoms with Gasteiger partial charge in [-0.25, -0.2) is 4.79 Å². The Labute approximate surface area is 92.8 Å². The first-order valence-corrected chi connectivity index (χ1v) is 5.15. The summed E-state index contributed by atoms with van der Waals surface area (Å²) < 4.78 is 5.55. The number of para-hydroxylation sites is 1. The predicted molar refractivity (Wildman–Crippen MR) is 56.8 cm³/mol. The van der Waals surface area contributed by atoms with Gasteiger partial charge in [-0.05, 0) is 31.4 Å². The van der Waals surface area contributed by atoms with Crippen LogP contribution in [0.2, 0.25) is 0 Å². The molecule has 0 radical (unpaired) electrons. The number of Topliss-reactive ketones (excluding diaryl/α,β-unsaturated/α-hetero) is 1. The lowest BCUT2D eigenvalue weighted by Crippen LogP contribution is -2.23. The Kier molecular flexibility index (Phi) is 2.64. The van der Waals surface area contributed by atoms with Crippen molar-refractivity contribution in [2.24, 2.45) is 0 Å². The van der Waals surface area contributed by atoms with Crippen LogP contribution in [0, 0.1) is 0 Å². The lowest BCUT2D eigenvalue weighted by molar-refractivity contribution is -0.131. The normalized spacial score (nSPS) is 18.4. The highest BCUT2D eigenvalue weighted by atomic mass is 16.5. The van der Waals surface area contributed by atoms with Gasteiger partial charge in [0.25, 0.3) is 5.78 Å². The minimum Gasteiger partial charge on any atom is -0.490 e. The van der Waals surface area contributed by atoms with Crippen molar-refractivity contribution in [3.8, 4) is 5.75 Å². The zero-order chi connectivity index (χ0) is 11.7. The molecule has 1 aromatic rings. The summed E-state index contributed by atoms with van der Waals surface area (Å²) in [5.41, 5.74) is 1.06. The average molecular weight is 220 g/mol. The quantitative estimate of drug-likeness (QED) is 0.608. The summed E-state index contributed by atoms with van der Waals surface area (Å²) in [7, 11) is 0. The van der Waals surface area contributed by atoms with Crippen molar-refractivity contribution in [1.82, 2.24) is 0 Å². The molecule has 84 valence electrons. The maximum Gasteiger partial charge on any atom is 0.377 e. The van der Waals surface area contributed by atoms with Gasteiger partial charge in [0.1, 0.15) is 5.75 Å². The van der Waals surface area contributed by atoms with Crippen molar-refractivity contribution in [3.63, 3.8) is 0 Å². The summed E-state index contributed by atoms with van der Waals surface area (Å²) in [6.45, 7) is 1.91. The third-order valence-corrected chi connectivity index (χ3v) is 2.67. The largest absolute Gasteiger partial charge is 0.490 e. The van der Waals surface area contributed by atoms with Crippen molar-refractivity contribution in [1.29, 1.82) is 0 Å². The summed E-state index contributed by atoms with van der Waals surface area (Å²) in [5.74, 6) is -1.92. The maximum atomic E-state index is 11.4. The average Bonchev–Trinajstić information content (AvgIpc) is 2.27. The Balaban J connectivity index is 2.47. The van der Waals surface area contributed by atoms with Crippen LogP contribution in [0.5, 0.6) is 5.75 Å². The molecule has 0 aliphatic carbocycles. The number of aryl methyl sites for hydroxylation is 1. The van der Waals surface area contributed by atoms with E-state index >= 15 is 0 Å². The van der Waals surface area contributed by atoms with Crippen LogP contribution < -0.4 is 4.74 Å². The molecule has 1 aromatic carbocycles. The lowest BCUT2D eigenvalue weighted by Gasteiger charge is -2.24. The molecule has 0 fully saturated rings. The number of hydrogen-bond acceptors (Lipinski definition) is 3. The number of carbonyl (C=O) groups excluding carboxylic acids is 1. The van der Waals surface area contributed by atoms with Crippen molar-refractivity contribution < 1.29 is 19.4 Å². The molecule has 1 unspecified atom stereocenters. The van der Waals surface area contributed by atoms with Crippen LogP contribution >= 0.6 is 0 Å². The number of aliphatic carboxylic acids is 1. The number of benzene rings is 1. The molecule has 0 saturated carbocycles. The Morgan fingerprint density at radius 2 is 2.19 bits per heavy atom. The van der Waals surface area contributed by atoms with Gasteiger partial charge in [0, 0.05) is 0 Å². The SMILES string of the molecule is CC1CCc2cccc(C(=O)C(=O)O)c2O1. The number of carbonyl (C=O) groups is 2. The van der Waals surface area contributed by atoms with E-state index in [4.69, 9.17) is 9.84 Å². The molecule has 1 aliphatic heterocycles. The third-order valence-electron chi connectivity index (χ3n) is 2.67. The number of ether oxygens (including phenoxy) is 1. The fraction of sp³-hybridized carbons (Fsp3) is 0.333. The Bertz CT molecular complexity index is 450. The fourth-order valence-corrected chi connectivity index (χ4v) is 1.83. The highest BCUT2D eigenvalue weighted by molar-refractivity contribution is 6.40. The van der Waals surface area contributed by atoms with Crippen LogP contribution in [0.1, 0.15) is 29.3 Å². The van der Waals surface area contributed by atoms with Gasteiger partial charge in [0.05, 0.1) is 11.7 Å². The van der Waals surface area contributed by atoms with Crippen molar-refractivity contribution >= 4 is 11.8 Å². The van der Waals surface area contributed by atoms with Crippen LogP contribution in [-0.4, -0.2) is 23.0 Å². The maximum absolute atomic E-state index is 11.4. The Morgan fingerprint density at radius 1 is 1.44 bits per heavy atom. The van der Waals surface area contributed by atoms with Crippen LogP contribution in [-0.2, 0) is 11.2 Å². The lowest BCUT2D eigenvalue weighted by atomic mass is 9.98. The van der Waals surface area contributed by atoms with Gasteiger partial charge in [-0.1, -0.05) is 12.1 Å². The summed E-state index contributed by atoms with van der Waals surface area (Å²) in [6, 6.07) is 5.04. The first-order valence-electron chi connectivity index (χ1n) is 5.15. The first kappa shape index (κ1) is 10.7. The second-order valence-corrected chi connectivity index (χ2v) is 3.90. The number of rotatable bonds is 2. The van der Waals surface area contributed by atoms with E-state index < -0.39 is 11.8 Å². The molecule has 4 nitrogen and oxygen atoms in total. The number of carboxylic acid groups (broad SMARTS) is 1. The Morgan fingerprint density at radius 3 is 2.88 bits per heavy atom. The summed E-state index contributed by atoms with van der Waals surface area (Å²) in [5, 5.41) is 8.70. The number of fused-ring (bicyclic) bond motifs is 1. The number of hydrogen-bond donors (Lipinski definition) is 1. The van der Waals surface area contributed by atoms with Gasteiger partial charge < -0.3 is 9.84 Å². The highest BCUT2D eigenvalue weighted by Crippen LogP contribution is 2.31. The number of ketones is 1. The van der Waals surface area contributed by atoms with Crippen LogP contribution in [0.15, 0.2) is 18.2 Å². The minimum absolute atomic E-state index is 0.0234. The van der Waals surface area contributed by atoms with E-state index in [9.17, 15) is 9.59 Å². The molecule has 0 amide bonds. The van der Waals surface area contributed by atoms with Crippen LogP contribution in [0.3, 0.4) is 0 Å². The summed E-state index contributed by atoms with van der Waals surface area (Å²) in [4.78, 5) is 22.1. The van der Waals surface area contributed by atoms with Crippen molar-refractivity contribution in [2.75, 3.05) is 0 Å². The zero-order valence-electron chi connectivity index (χ0n) is 8.90. The van der Waals surface area contributed by atoms with Gasteiger partial charge in [-0.3, -0.25) is 4.79 Å². The molecule has 1 atom stereocenters. The molecule has 1 N–H and O–H groups in total. The smallest absolute Gasteiger partial charge is 0.377 e. The molecule has 0 aromatic heterocycles. The van der Waals surface area contributed by atoms with E-state index in [0.29, 0.717) is 5.75 Å². The van der Waals surface area contributed by atoms with E-state index in [1.165, 1.54) is 6.07 Å². The molecular weight excluding hydrogens is 208 g/mol. The molecule has 4 heteroatoms. The number of carboxylic acids is 1. The van der Waals surface area contributed by atoms with E-state index in [2.05, 4.69) is 0 Å². The molecule has 0 bridgehead atoms. The van der Waals surface area contributed by atoms with Crippen molar-refractivity contribution in [3.05, 3.63) is 29.3 Å². The van der Waals surface area contributed by atoms with E-state index in [1.54, 1.807) is 6.07 Å². The van der Waals surface area contributed by atoms with E-state index in [-0.39, 0.29) is 11.7 Å². The zero-order valence-corrected chi connectivity index (χ0v) is 8.90. The summed E-state index contributed by atoms with van der Waals surface area (Å²) >= 11 is 0. The first-order chi connectivity index (χ1) is 7.59. The van der Waals surface area contributed by atoms with Crippen LogP contribution in [0.25, 0.3) is 0 Å². The molecule has 16 heavy (non-hydrogen) atoms. The van der Waals surface area contributed by atoms with Crippen LogP contribution in [0.4, 0.5) is 0 Å². The van der Waals surface area contributed by atoms with E-state index in [0.717, 1.165) is 18.4 Å². The molecule has 0 spiro atoms. The monoisotopic (exact) mass is 220 g/mol. The highest BCUT2D eigenvalue weighted by Gasteiger charge is 2.25. The predicted octanol–water partition coefficient (Wildman–Crippen LogP) is 1.67. The Hall–Kier alpha value is -1.84. The molecular formula is C12H12O4. The minimum atomic E-state index is -1.45. The molecule has 0 saturated heterocycles. The van der Waals surface area contributed by atoms with E-state index in [1.807, 2.05) is 13.0 Å².